The molecule has 0 atom stereocenters. The van der Waals surface area contributed by atoms with Crippen LogP contribution in [-0.4, -0.2) is 52.8 Å². The number of hydrogen-bond donors (Lipinski definition) is 1. The number of likely N-dealkylation sites (tertiary alicyclic amines) is 1. The summed E-state index contributed by atoms with van der Waals surface area (Å²) in [6, 6.07) is 5.47. The second-order valence-electron chi connectivity index (χ2n) is 6.60. The number of nitrogens with one attached hydrogen (secondary N) is 1. The van der Waals surface area contributed by atoms with E-state index in [0.717, 1.165) is 30.7 Å². The highest BCUT2D eigenvalue weighted by atomic mass is 16.5. The first-order valence-corrected chi connectivity index (χ1v) is 8.63. The molecular formula is C18H22N4O3. The molecule has 2 aromatic rings. The molecule has 25 heavy (non-hydrogen) atoms. The topological polar surface area (TPSA) is 80.3 Å². The van der Waals surface area contributed by atoms with E-state index in [-0.39, 0.29) is 11.5 Å². The molecule has 132 valence electrons. The van der Waals surface area contributed by atoms with Crippen molar-refractivity contribution < 1.29 is 14.3 Å². The monoisotopic (exact) mass is 342 g/mol. The Bertz CT molecular complexity index is 765. The minimum Gasteiger partial charge on any atom is -0.378 e. The van der Waals surface area contributed by atoms with Crippen molar-refractivity contribution in [2.24, 2.45) is 0 Å². The van der Waals surface area contributed by atoms with Gasteiger partial charge in [0.15, 0.2) is 0 Å². The van der Waals surface area contributed by atoms with E-state index in [2.05, 4.69) is 15.2 Å². The largest absolute Gasteiger partial charge is 0.378 e. The number of amides is 1. The van der Waals surface area contributed by atoms with Gasteiger partial charge >= 0.3 is 0 Å². The van der Waals surface area contributed by atoms with Crippen LogP contribution in [0.2, 0.25) is 0 Å². The normalized spacial score (nSPS) is 19.0. The smallest absolute Gasteiger partial charge is 0.272 e. The SMILES string of the molecule is COCc1cccc(C(=O)N2CCC3(CC2)OCCc2cn[nH]c23)n1. The Hall–Kier alpha value is -2.25. The van der Waals surface area contributed by atoms with Crippen LogP contribution in [0.1, 0.15) is 40.3 Å². The quantitative estimate of drug-likeness (QED) is 0.917. The molecule has 0 unspecified atom stereocenters. The molecule has 0 aromatic carbocycles. The van der Waals surface area contributed by atoms with Crippen molar-refractivity contribution in [2.45, 2.75) is 31.5 Å². The van der Waals surface area contributed by atoms with Gasteiger partial charge in [0.25, 0.3) is 5.91 Å². The maximum absolute atomic E-state index is 12.8. The van der Waals surface area contributed by atoms with Crippen LogP contribution in [0.15, 0.2) is 24.4 Å². The lowest BCUT2D eigenvalue weighted by atomic mass is 9.83. The van der Waals surface area contributed by atoms with Crippen LogP contribution in [0.4, 0.5) is 0 Å². The van der Waals surface area contributed by atoms with Gasteiger partial charge in [0, 0.05) is 20.2 Å². The fourth-order valence-corrected chi connectivity index (χ4v) is 3.78. The highest BCUT2D eigenvalue weighted by Crippen LogP contribution is 2.40. The van der Waals surface area contributed by atoms with Gasteiger partial charge in [-0.25, -0.2) is 4.98 Å². The van der Waals surface area contributed by atoms with Crippen LogP contribution in [0, 0.1) is 0 Å². The molecule has 2 aliphatic rings. The Morgan fingerprint density at radius 3 is 3.04 bits per heavy atom. The molecule has 1 fully saturated rings. The highest BCUT2D eigenvalue weighted by molar-refractivity contribution is 5.92. The van der Waals surface area contributed by atoms with E-state index < -0.39 is 0 Å². The number of rotatable bonds is 3. The molecule has 1 spiro atoms. The first-order chi connectivity index (χ1) is 12.2. The van der Waals surface area contributed by atoms with Crippen LogP contribution in [0.25, 0.3) is 0 Å². The third-order valence-corrected chi connectivity index (χ3v) is 5.10. The Morgan fingerprint density at radius 2 is 2.24 bits per heavy atom. The van der Waals surface area contributed by atoms with Gasteiger partial charge in [-0.3, -0.25) is 9.89 Å². The van der Waals surface area contributed by atoms with Crippen LogP contribution >= 0.6 is 0 Å². The predicted molar refractivity (Wildman–Crippen MR) is 90.0 cm³/mol. The Morgan fingerprint density at radius 1 is 1.40 bits per heavy atom. The Kier molecular flexibility index (Phi) is 4.27. The van der Waals surface area contributed by atoms with Crippen molar-refractivity contribution in [1.29, 1.82) is 0 Å². The maximum atomic E-state index is 12.8. The number of methoxy groups -OCH3 is 1. The zero-order valence-corrected chi connectivity index (χ0v) is 14.3. The maximum Gasteiger partial charge on any atom is 0.272 e. The number of ether oxygens (including phenoxy) is 2. The van der Waals surface area contributed by atoms with Crippen molar-refractivity contribution in [3.63, 3.8) is 0 Å². The van der Waals surface area contributed by atoms with Crippen molar-refractivity contribution in [3.05, 3.63) is 47.0 Å². The number of pyridine rings is 1. The first kappa shape index (κ1) is 16.2. The van der Waals surface area contributed by atoms with Gasteiger partial charge in [-0.2, -0.15) is 5.10 Å². The predicted octanol–water partition coefficient (Wildman–Crippen LogP) is 1.66. The molecular weight excluding hydrogens is 320 g/mol. The van der Waals surface area contributed by atoms with Gasteiger partial charge < -0.3 is 14.4 Å². The Balaban J connectivity index is 1.48. The summed E-state index contributed by atoms with van der Waals surface area (Å²) >= 11 is 0. The number of fused-ring (bicyclic) bond motifs is 2. The summed E-state index contributed by atoms with van der Waals surface area (Å²) in [5, 5.41) is 7.29. The van der Waals surface area contributed by atoms with Crippen LogP contribution in [0.3, 0.4) is 0 Å². The third kappa shape index (κ3) is 2.94. The van der Waals surface area contributed by atoms with Crippen molar-refractivity contribution in [2.75, 3.05) is 26.8 Å². The van der Waals surface area contributed by atoms with Crippen molar-refractivity contribution in [1.82, 2.24) is 20.1 Å². The van der Waals surface area contributed by atoms with Crippen molar-refractivity contribution in [3.8, 4) is 0 Å². The van der Waals surface area contributed by atoms with Crippen LogP contribution in [0.5, 0.6) is 0 Å². The minimum atomic E-state index is -0.327. The number of aromatic amines is 1. The van der Waals surface area contributed by atoms with E-state index in [1.807, 2.05) is 23.2 Å². The summed E-state index contributed by atoms with van der Waals surface area (Å²) in [4.78, 5) is 19.0. The lowest BCUT2D eigenvalue weighted by Gasteiger charge is -2.43. The van der Waals surface area contributed by atoms with E-state index in [9.17, 15) is 4.79 Å². The molecule has 1 N–H and O–H groups in total. The summed E-state index contributed by atoms with van der Waals surface area (Å²) in [6.07, 6.45) is 4.33. The second-order valence-corrected chi connectivity index (χ2v) is 6.60. The number of carbonyl (C=O) groups excluding carboxylic acids is 1. The molecule has 0 radical (unpaired) electrons. The standard InChI is InChI=1S/C18H22N4O3/c1-24-12-14-3-2-4-15(20-14)17(23)22-8-6-18(7-9-22)16-13(5-10-25-18)11-19-21-16/h2-4,11H,5-10,12H2,1H3,(H,19,21). The number of H-pyrrole nitrogens is 1. The fraction of sp³-hybridized carbons (Fsp3) is 0.500. The first-order valence-electron chi connectivity index (χ1n) is 8.63. The minimum absolute atomic E-state index is 0.0338. The summed E-state index contributed by atoms with van der Waals surface area (Å²) in [6.45, 7) is 2.41. The summed E-state index contributed by atoms with van der Waals surface area (Å²) in [7, 11) is 1.62. The zero-order valence-electron chi connectivity index (χ0n) is 14.3. The number of aromatic nitrogens is 3. The third-order valence-electron chi connectivity index (χ3n) is 5.10. The lowest BCUT2D eigenvalue weighted by molar-refractivity contribution is -0.0962. The summed E-state index contributed by atoms with van der Waals surface area (Å²) < 4.78 is 11.2. The molecule has 2 aliphatic heterocycles. The number of hydrogen-bond acceptors (Lipinski definition) is 5. The van der Waals surface area contributed by atoms with Gasteiger partial charge in [0.2, 0.25) is 0 Å². The van der Waals surface area contributed by atoms with Gasteiger partial charge in [0.05, 0.1) is 30.8 Å². The molecule has 1 saturated heterocycles. The molecule has 0 aliphatic carbocycles. The number of piperidine rings is 1. The second kappa shape index (κ2) is 6.57. The lowest BCUT2D eigenvalue weighted by Crippen LogP contribution is -2.48. The van der Waals surface area contributed by atoms with E-state index in [0.29, 0.717) is 32.0 Å². The number of carbonyl (C=O) groups is 1. The van der Waals surface area contributed by atoms with E-state index in [1.165, 1.54) is 5.56 Å². The van der Waals surface area contributed by atoms with Crippen molar-refractivity contribution >= 4 is 5.91 Å². The summed E-state index contributed by atoms with van der Waals surface area (Å²) in [5.41, 5.74) is 3.23. The van der Waals surface area contributed by atoms with E-state index >= 15 is 0 Å². The molecule has 2 aromatic heterocycles. The highest BCUT2D eigenvalue weighted by Gasteiger charge is 2.43. The van der Waals surface area contributed by atoms with E-state index in [1.54, 1.807) is 13.2 Å². The van der Waals surface area contributed by atoms with Gasteiger partial charge in [-0.05, 0) is 37.0 Å². The molecule has 4 rings (SSSR count). The fourth-order valence-electron chi connectivity index (χ4n) is 3.78. The number of nitrogens with zero attached hydrogens (tertiary/aromatic N) is 3. The van der Waals surface area contributed by atoms with Gasteiger partial charge in [-0.1, -0.05) is 6.07 Å². The molecule has 7 nitrogen and oxygen atoms in total. The van der Waals surface area contributed by atoms with Gasteiger partial charge in [0.1, 0.15) is 11.3 Å². The molecule has 7 heteroatoms. The zero-order chi connectivity index (χ0) is 17.3. The van der Waals surface area contributed by atoms with Gasteiger partial charge in [-0.15, -0.1) is 0 Å². The summed E-state index contributed by atoms with van der Waals surface area (Å²) in [5.74, 6) is -0.0338. The van der Waals surface area contributed by atoms with Crippen LogP contribution < -0.4 is 0 Å². The van der Waals surface area contributed by atoms with E-state index in [4.69, 9.17) is 9.47 Å². The molecule has 1 amide bonds. The average molecular weight is 342 g/mol. The molecule has 4 heterocycles. The Labute approximate surface area is 146 Å². The average Bonchev–Trinajstić information content (AvgIpc) is 3.13. The molecule has 0 saturated carbocycles. The van der Waals surface area contributed by atoms with Crippen LogP contribution in [-0.2, 0) is 28.1 Å². The molecule has 0 bridgehead atoms.